The fourth-order valence-corrected chi connectivity index (χ4v) is 1.57. The van der Waals surface area contributed by atoms with Crippen LogP contribution in [-0.2, 0) is 4.79 Å². The van der Waals surface area contributed by atoms with E-state index in [0.717, 1.165) is 4.90 Å². The second kappa shape index (κ2) is 4.02. The number of benzene rings is 1. The van der Waals surface area contributed by atoms with Crippen LogP contribution in [0.1, 0.15) is 0 Å². The van der Waals surface area contributed by atoms with Crippen molar-refractivity contribution in [2.75, 3.05) is 18.6 Å². The Labute approximate surface area is 97.6 Å². The van der Waals surface area contributed by atoms with Gasteiger partial charge in [0.1, 0.15) is 6.54 Å². The van der Waals surface area contributed by atoms with Crippen molar-refractivity contribution in [3.05, 3.63) is 29.3 Å². The van der Waals surface area contributed by atoms with Gasteiger partial charge in [0.25, 0.3) is 5.91 Å². The van der Waals surface area contributed by atoms with Crippen molar-refractivity contribution in [2.24, 2.45) is 0 Å². The molecule has 1 fully saturated rings. The van der Waals surface area contributed by atoms with E-state index >= 15 is 0 Å². The van der Waals surface area contributed by atoms with Gasteiger partial charge in [0.05, 0.1) is 5.69 Å². The molecular formula is C10H10ClN3O2. The lowest BCUT2D eigenvalue weighted by atomic mass is 10.3. The summed E-state index contributed by atoms with van der Waals surface area (Å²) >= 11 is 5.83. The third-order valence-electron chi connectivity index (χ3n) is 2.32. The van der Waals surface area contributed by atoms with Crippen LogP contribution in [0.3, 0.4) is 0 Å². The molecule has 0 radical (unpaired) electrons. The average Bonchev–Trinajstić information content (AvgIpc) is 2.25. The van der Waals surface area contributed by atoms with Gasteiger partial charge in [0.2, 0.25) is 0 Å². The number of halogens is 1. The molecular weight excluding hydrogens is 230 g/mol. The van der Waals surface area contributed by atoms with Gasteiger partial charge < -0.3 is 0 Å². The van der Waals surface area contributed by atoms with Crippen LogP contribution < -0.4 is 10.4 Å². The van der Waals surface area contributed by atoms with Crippen LogP contribution in [0.5, 0.6) is 0 Å². The highest BCUT2D eigenvalue weighted by Gasteiger charge is 2.27. The quantitative estimate of drug-likeness (QED) is 0.802. The van der Waals surface area contributed by atoms with E-state index in [-0.39, 0.29) is 12.5 Å². The number of hydrogen-bond donors (Lipinski definition) is 1. The normalized spacial score (nSPS) is 16.4. The molecule has 5 nitrogen and oxygen atoms in total. The van der Waals surface area contributed by atoms with Gasteiger partial charge in [-0.15, -0.1) is 0 Å². The Bertz CT molecular complexity index is 431. The van der Waals surface area contributed by atoms with Crippen LogP contribution in [-0.4, -0.2) is 30.4 Å². The number of likely N-dealkylation sites (N-methyl/N-ethyl adjacent to an activating group) is 1. The summed E-state index contributed by atoms with van der Waals surface area (Å²) in [4.78, 5) is 23.9. The number of hydrogen-bond acceptors (Lipinski definition) is 3. The van der Waals surface area contributed by atoms with Gasteiger partial charge in [-0.2, -0.15) is 0 Å². The summed E-state index contributed by atoms with van der Waals surface area (Å²) in [6, 6.07) is 6.49. The number of imide groups is 1. The number of nitrogens with zero attached hydrogens (tertiary/aromatic N) is 2. The van der Waals surface area contributed by atoms with Crippen LogP contribution in [0.4, 0.5) is 10.5 Å². The lowest BCUT2D eigenvalue weighted by molar-refractivity contribution is -0.126. The third-order valence-corrected chi connectivity index (χ3v) is 2.56. The van der Waals surface area contributed by atoms with Gasteiger partial charge in [-0.05, 0) is 18.2 Å². The summed E-state index contributed by atoms with van der Waals surface area (Å²) < 4.78 is 0. The molecule has 2 rings (SSSR count). The molecule has 1 heterocycles. The van der Waals surface area contributed by atoms with Crippen molar-refractivity contribution in [3.8, 4) is 0 Å². The molecule has 6 heteroatoms. The van der Waals surface area contributed by atoms with Gasteiger partial charge in [-0.1, -0.05) is 17.7 Å². The van der Waals surface area contributed by atoms with Gasteiger partial charge in [0, 0.05) is 12.1 Å². The predicted molar refractivity (Wildman–Crippen MR) is 60.1 cm³/mol. The first kappa shape index (κ1) is 10.8. The molecule has 0 spiro atoms. The summed E-state index contributed by atoms with van der Waals surface area (Å²) in [7, 11) is 1.44. The van der Waals surface area contributed by atoms with Gasteiger partial charge in [-0.3, -0.25) is 14.7 Å². The van der Waals surface area contributed by atoms with Gasteiger partial charge >= 0.3 is 6.03 Å². The molecule has 3 amide bonds. The molecule has 16 heavy (non-hydrogen) atoms. The van der Waals surface area contributed by atoms with Crippen molar-refractivity contribution >= 4 is 29.2 Å². The standard InChI is InChI=1S/C10H10ClN3O2/c1-13-9(15)6-14(12-10(13)16)8-4-2-3-7(11)5-8/h2-5H,6H2,1H3,(H,12,16). The molecule has 1 aromatic carbocycles. The molecule has 1 aliphatic rings. The first-order valence-corrected chi connectivity index (χ1v) is 5.06. The Hall–Kier alpha value is -1.75. The number of nitrogens with one attached hydrogen (secondary N) is 1. The number of amides is 3. The van der Waals surface area contributed by atoms with E-state index in [1.54, 1.807) is 24.3 Å². The molecule has 0 aromatic heterocycles. The minimum Gasteiger partial charge on any atom is -0.275 e. The number of urea groups is 1. The first-order valence-electron chi connectivity index (χ1n) is 4.68. The molecule has 0 saturated carbocycles. The van der Waals surface area contributed by atoms with Crippen molar-refractivity contribution in [3.63, 3.8) is 0 Å². The number of anilines is 1. The van der Waals surface area contributed by atoms with Crippen LogP contribution in [0.15, 0.2) is 24.3 Å². The van der Waals surface area contributed by atoms with Crippen LogP contribution in [0.2, 0.25) is 5.02 Å². The Morgan fingerprint density at radius 3 is 2.75 bits per heavy atom. The SMILES string of the molecule is CN1C(=O)CN(c2cccc(Cl)c2)NC1=O. The maximum absolute atomic E-state index is 11.5. The Morgan fingerprint density at radius 2 is 2.12 bits per heavy atom. The third kappa shape index (κ3) is 1.94. The number of hydrazine groups is 1. The van der Waals surface area contributed by atoms with Crippen molar-refractivity contribution in [1.29, 1.82) is 0 Å². The zero-order valence-electron chi connectivity index (χ0n) is 8.61. The maximum atomic E-state index is 11.5. The second-order valence-electron chi connectivity index (χ2n) is 3.44. The summed E-state index contributed by atoms with van der Waals surface area (Å²) in [5, 5.41) is 2.02. The second-order valence-corrected chi connectivity index (χ2v) is 3.87. The summed E-state index contributed by atoms with van der Waals surface area (Å²) in [6.45, 7) is 0.0998. The van der Waals surface area contributed by atoms with Crippen LogP contribution in [0, 0.1) is 0 Å². The van der Waals surface area contributed by atoms with Crippen LogP contribution >= 0.6 is 11.6 Å². The monoisotopic (exact) mass is 239 g/mol. The summed E-state index contributed by atoms with van der Waals surface area (Å²) in [5.41, 5.74) is 3.26. The van der Waals surface area contributed by atoms with E-state index in [9.17, 15) is 9.59 Å². The Morgan fingerprint density at radius 1 is 1.38 bits per heavy atom. The van der Waals surface area contributed by atoms with E-state index in [4.69, 9.17) is 11.6 Å². The minimum atomic E-state index is -0.448. The summed E-state index contributed by atoms with van der Waals surface area (Å²) in [5.74, 6) is -0.260. The zero-order chi connectivity index (χ0) is 11.7. The Kier molecular flexibility index (Phi) is 2.70. The predicted octanol–water partition coefficient (Wildman–Crippen LogP) is 1.24. The largest absolute Gasteiger partial charge is 0.342 e. The highest BCUT2D eigenvalue weighted by Crippen LogP contribution is 2.19. The molecule has 84 valence electrons. The molecule has 1 aromatic rings. The lowest BCUT2D eigenvalue weighted by Crippen LogP contribution is -2.59. The van der Waals surface area contributed by atoms with Gasteiger partial charge in [0.15, 0.2) is 0 Å². The van der Waals surface area contributed by atoms with Crippen LogP contribution in [0.25, 0.3) is 0 Å². The minimum absolute atomic E-state index is 0.0998. The van der Waals surface area contributed by atoms with E-state index in [1.807, 2.05) is 0 Å². The van der Waals surface area contributed by atoms with Gasteiger partial charge in [-0.25, -0.2) is 10.2 Å². The van der Waals surface area contributed by atoms with Crippen molar-refractivity contribution in [1.82, 2.24) is 10.3 Å². The van der Waals surface area contributed by atoms with E-state index in [0.29, 0.717) is 10.7 Å². The van der Waals surface area contributed by atoms with Crippen molar-refractivity contribution in [2.45, 2.75) is 0 Å². The number of rotatable bonds is 1. The smallest absolute Gasteiger partial charge is 0.275 e. The Balaban J connectivity index is 2.23. The fourth-order valence-electron chi connectivity index (χ4n) is 1.38. The molecule has 1 saturated heterocycles. The molecule has 0 unspecified atom stereocenters. The number of carbonyl (C=O) groups is 2. The highest BCUT2D eigenvalue weighted by atomic mass is 35.5. The average molecular weight is 240 g/mol. The molecule has 0 atom stereocenters. The van der Waals surface area contributed by atoms with Crippen molar-refractivity contribution < 1.29 is 9.59 Å². The molecule has 0 aliphatic carbocycles. The molecule has 1 aliphatic heterocycles. The van der Waals surface area contributed by atoms with E-state index in [2.05, 4.69) is 5.43 Å². The topological polar surface area (TPSA) is 52.7 Å². The maximum Gasteiger partial charge on any atom is 0.342 e. The molecule has 0 bridgehead atoms. The fraction of sp³-hybridized carbons (Fsp3) is 0.200. The molecule has 1 N–H and O–H groups in total. The highest BCUT2D eigenvalue weighted by molar-refractivity contribution is 6.30. The first-order chi connectivity index (χ1) is 7.58. The lowest BCUT2D eigenvalue weighted by Gasteiger charge is -2.32. The van der Waals surface area contributed by atoms with E-state index < -0.39 is 6.03 Å². The summed E-state index contributed by atoms with van der Waals surface area (Å²) in [6.07, 6.45) is 0. The zero-order valence-corrected chi connectivity index (χ0v) is 9.36. The van der Waals surface area contributed by atoms with E-state index in [1.165, 1.54) is 12.1 Å². The number of carbonyl (C=O) groups excluding carboxylic acids is 2.